The van der Waals surface area contributed by atoms with Crippen molar-refractivity contribution in [2.24, 2.45) is 5.73 Å². The maximum atomic E-state index is 11.0. The Balaban J connectivity index is 2.86. The Kier molecular flexibility index (Phi) is 2.38. The first-order valence-electron chi connectivity index (χ1n) is 3.17. The third-order valence-electron chi connectivity index (χ3n) is 1.19. The molecule has 3 heteroatoms. The maximum absolute atomic E-state index is 11.0. The minimum atomic E-state index is -0.124. The van der Waals surface area contributed by atoms with Gasteiger partial charge in [0.25, 0.3) is 0 Å². The van der Waals surface area contributed by atoms with Crippen LogP contribution in [-0.4, -0.2) is 10.8 Å². The molecule has 3 nitrogen and oxygen atoms in total. The van der Waals surface area contributed by atoms with Crippen LogP contribution in [0.15, 0.2) is 36.8 Å². The second-order valence-electron chi connectivity index (χ2n) is 1.97. The van der Waals surface area contributed by atoms with Gasteiger partial charge in [-0.2, -0.15) is 0 Å². The van der Waals surface area contributed by atoms with E-state index in [2.05, 4.69) is 4.98 Å². The number of rotatable bonds is 2. The quantitative estimate of drug-likeness (QED) is 0.497. The number of hydrogen-bond donors (Lipinski definition) is 1. The highest BCUT2D eigenvalue weighted by atomic mass is 16.1. The zero-order valence-electron chi connectivity index (χ0n) is 5.90. The van der Waals surface area contributed by atoms with Gasteiger partial charge in [-0.3, -0.25) is 9.78 Å². The molecule has 0 aliphatic heterocycles. The monoisotopic (exact) mass is 148 g/mol. The van der Waals surface area contributed by atoms with Crippen LogP contribution in [-0.2, 0) is 0 Å². The number of nitrogens with two attached hydrogens (primary N) is 1. The fourth-order valence-corrected chi connectivity index (χ4v) is 0.692. The molecule has 56 valence electrons. The second-order valence-corrected chi connectivity index (χ2v) is 1.97. The van der Waals surface area contributed by atoms with Crippen LogP contribution in [0.25, 0.3) is 0 Å². The van der Waals surface area contributed by atoms with Gasteiger partial charge in [-0.1, -0.05) is 0 Å². The Morgan fingerprint density at radius 2 is 2.45 bits per heavy atom. The van der Waals surface area contributed by atoms with E-state index in [0.717, 1.165) is 0 Å². The Morgan fingerprint density at radius 3 is 3.00 bits per heavy atom. The largest absolute Gasteiger partial charge is 0.404 e. The van der Waals surface area contributed by atoms with Crippen LogP contribution in [0.4, 0.5) is 0 Å². The van der Waals surface area contributed by atoms with Gasteiger partial charge in [0.15, 0.2) is 5.78 Å². The minimum absolute atomic E-state index is 0.124. The van der Waals surface area contributed by atoms with Gasteiger partial charge < -0.3 is 5.73 Å². The molecule has 0 aliphatic rings. The van der Waals surface area contributed by atoms with Crippen molar-refractivity contribution in [1.29, 1.82) is 0 Å². The van der Waals surface area contributed by atoms with Gasteiger partial charge in [-0.05, 0) is 18.3 Å². The van der Waals surface area contributed by atoms with Gasteiger partial charge in [-0.15, -0.1) is 0 Å². The molecular formula is C8H8N2O. The number of pyridine rings is 1. The zero-order valence-corrected chi connectivity index (χ0v) is 5.90. The molecule has 0 saturated carbocycles. The predicted octanol–water partition coefficient (Wildman–Crippen LogP) is 0.737. The maximum Gasteiger partial charge on any atom is 0.188 e. The summed E-state index contributed by atoms with van der Waals surface area (Å²) in [4.78, 5) is 14.8. The summed E-state index contributed by atoms with van der Waals surface area (Å²) in [7, 11) is 0. The fourth-order valence-electron chi connectivity index (χ4n) is 0.692. The molecule has 0 amide bonds. The van der Waals surface area contributed by atoms with E-state index >= 15 is 0 Å². The van der Waals surface area contributed by atoms with Gasteiger partial charge in [-0.25, -0.2) is 0 Å². The topological polar surface area (TPSA) is 56.0 Å². The van der Waals surface area contributed by atoms with E-state index in [-0.39, 0.29) is 5.78 Å². The fraction of sp³-hybridized carbons (Fsp3) is 0. The molecule has 0 bridgehead atoms. The van der Waals surface area contributed by atoms with Crippen molar-refractivity contribution in [1.82, 2.24) is 4.98 Å². The van der Waals surface area contributed by atoms with Crippen LogP contribution in [0.2, 0.25) is 0 Å². The minimum Gasteiger partial charge on any atom is -0.404 e. The molecule has 1 aromatic rings. The molecule has 1 heterocycles. The highest BCUT2D eigenvalue weighted by molar-refractivity contribution is 6.04. The molecule has 0 spiro atoms. The lowest BCUT2D eigenvalue weighted by Gasteiger charge is -1.90. The van der Waals surface area contributed by atoms with Crippen LogP contribution in [0.3, 0.4) is 0 Å². The van der Waals surface area contributed by atoms with E-state index in [1.165, 1.54) is 18.5 Å². The van der Waals surface area contributed by atoms with E-state index in [1.54, 1.807) is 18.3 Å². The molecule has 1 rings (SSSR count). The Morgan fingerprint density at radius 1 is 1.64 bits per heavy atom. The van der Waals surface area contributed by atoms with E-state index < -0.39 is 0 Å². The first kappa shape index (κ1) is 7.47. The number of nitrogens with zero attached hydrogens (tertiary/aromatic N) is 1. The SMILES string of the molecule is NC=CC(=O)c1cccnc1. The number of allylic oxidation sites excluding steroid dienone is 1. The van der Waals surface area contributed by atoms with Crippen molar-refractivity contribution < 1.29 is 4.79 Å². The predicted molar refractivity (Wildman–Crippen MR) is 41.9 cm³/mol. The van der Waals surface area contributed by atoms with Crippen molar-refractivity contribution in [2.45, 2.75) is 0 Å². The van der Waals surface area contributed by atoms with Gasteiger partial charge in [0.05, 0.1) is 0 Å². The van der Waals surface area contributed by atoms with Crippen molar-refractivity contribution in [2.75, 3.05) is 0 Å². The number of carbonyl (C=O) groups is 1. The summed E-state index contributed by atoms with van der Waals surface area (Å²) in [5.41, 5.74) is 5.60. The van der Waals surface area contributed by atoms with E-state index in [4.69, 9.17) is 5.73 Å². The number of ketones is 1. The van der Waals surface area contributed by atoms with Gasteiger partial charge in [0.1, 0.15) is 0 Å². The Bertz CT molecular complexity index is 267. The normalized spacial score (nSPS) is 10.2. The van der Waals surface area contributed by atoms with Crippen LogP contribution in [0, 0.1) is 0 Å². The average molecular weight is 148 g/mol. The van der Waals surface area contributed by atoms with Crippen molar-refractivity contribution >= 4 is 5.78 Å². The molecule has 0 saturated heterocycles. The lowest BCUT2D eigenvalue weighted by Crippen LogP contribution is -1.95. The molecule has 1 aromatic heterocycles. The summed E-state index contributed by atoms with van der Waals surface area (Å²) in [5.74, 6) is -0.124. The van der Waals surface area contributed by atoms with E-state index in [0.29, 0.717) is 5.56 Å². The van der Waals surface area contributed by atoms with Crippen molar-refractivity contribution in [3.8, 4) is 0 Å². The Hall–Kier alpha value is -1.64. The molecule has 0 unspecified atom stereocenters. The summed E-state index contributed by atoms with van der Waals surface area (Å²) in [5, 5.41) is 0. The second kappa shape index (κ2) is 3.51. The smallest absolute Gasteiger partial charge is 0.188 e. The molecule has 0 atom stereocenters. The van der Waals surface area contributed by atoms with Gasteiger partial charge >= 0.3 is 0 Å². The first-order chi connectivity index (χ1) is 5.34. The van der Waals surface area contributed by atoms with E-state index in [1.807, 2.05) is 0 Å². The molecule has 2 N–H and O–H groups in total. The Labute approximate surface area is 64.6 Å². The van der Waals surface area contributed by atoms with E-state index in [9.17, 15) is 4.79 Å². The standard InChI is InChI=1S/C8H8N2O/c9-4-3-8(11)7-2-1-5-10-6-7/h1-6H,9H2. The van der Waals surface area contributed by atoms with Crippen molar-refractivity contribution in [3.05, 3.63) is 42.4 Å². The molecule has 0 radical (unpaired) electrons. The third-order valence-corrected chi connectivity index (χ3v) is 1.19. The third kappa shape index (κ3) is 1.89. The molecule has 0 fully saturated rings. The summed E-state index contributed by atoms with van der Waals surface area (Å²) in [6.07, 6.45) is 5.64. The van der Waals surface area contributed by atoms with Gasteiger partial charge in [0.2, 0.25) is 0 Å². The molecule has 11 heavy (non-hydrogen) atoms. The van der Waals surface area contributed by atoms with Crippen LogP contribution >= 0.6 is 0 Å². The average Bonchev–Trinajstić information content (AvgIpc) is 2.07. The number of hydrogen-bond acceptors (Lipinski definition) is 3. The van der Waals surface area contributed by atoms with Crippen LogP contribution in [0.5, 0.6) is 0 Å². The summed E-state index contributed by atoms with van der Waals surface area (Å²) >= 11 is 0. The number of aromatic nitrogens is 1. The van der Waals surface area contributed by atoms with Gasteiger partial charge in [0, 0.05) is 24.0 Å². The molecular weight excluding hydrogens is 140 g/mol. The van der Waals surface area contributed by atoms with Crippen LogP contribution in [0.1, 0.15) is 10.4 Å². The highest BCUT2D eigenvalue weighted by Gasteiger charge is 1.98. The summed E-state index contributed by atoms with van der Waals surface area (Å²) < 4.78 is 0. The number of carbonyl (C=O) groups excluding carboxylic acids is 1. The summed E-state index contributed by atoms with van der Waals surface area (Å²) in [6, 6.07) is 3.40. The molecule has 0 aliphatic carbocycles. The lowest BCUT2D eigenvalue weighted by atomic mass is 10.2. The van der Waals surface area contributed by atoms with Crippen LogP contribution < -0.4 is 5.73 Å². The summed E-state index contributed by atoms with van der Waals surface area (Å²) in [6.45, 7) is 0. The molecule has 0 aromatic carbocycles. The lowest BCUT2D eigenvalue weighted by molar-refractivity contribution is 0.104. The van der Waals surface area contributed by atoms with Crippen molar-refractivity contribution in [3.63, 3.8) is 0 Å². The first-order valence-corrected chi connectivity index (χ1v) is 3.17. The zero-order chi connectivity index (χ0) is 8.10. The highest BCUT2D eigenvalue weighted by Crippen LogP contribution is 1.97.